The van der Waals surface area contributed by atoms with E-state index in [-0.39, 0.29) is 24.4 Å². The van der Waals surface area contributed by atoms with Gasteiger partial charge in [0.05, 0.1) is 12.6 Å². The first kappa shape index (κ1) is 21.0. The normalized spacial score (nSPS) is 16.5. The first-order valence-corrected chi connectivity index (χ1v) is 11.3. The minimum absolute atomic E-state index is 0.0282. The number of nitrogens with zero attached hydrogens (tertiary/aromatic N) is 1. The van der Waals surface area contributed by atoms with Gasteiger partial charge in [-0.2, -0.15) is 0 Å². The number of likely N-dealkylation sites (tertiary alicyclic amines) is 1. The van der Waals surface area contributed by atoms with Crippen LogP contribution in [0.5, 0.6) is 0 Å². The summed E-state index contributed by atoms with van der Waals surface area (Å²) in [6, 6.07) is 11.5. The fourth-order valence-electron chi connectivity index (χ4n) is 3.40. The third kappa shape index (κ3) is 5.90. The lowest BCUT2D eigenvalue weighted by Gasteiger charge is -2.36. The van der Waals surface area contributed by atoms with Crippen molar-refractivity contribution in [3.8, 4) is 0 Å². The predicted molar refractivity (Wildman–Crippen MR) is 117 cm³/mol. The largest absolute Gasteiger partial charge is 0.353 e. The van der Waals surface area contributed by atoms with Gasteiger partial charge in [-0.3, -0.25) is 14.5 Å². The number of thiophene rings is 1. The van der Waals surface area contributed by atoms with E-state index in [1.54, 1.807) is 29.5 Å². The van der Waals surface area contributed by atoms with Crippen molar-refractivity contribution in [1.29, 1.82) is 0 Å². The van der Waals surface area contributed by atoms with Gasteiger partial charge in [0.15, 0.2) is 0 Å². The fraction of sp³-hybridized carbons (Fsp3) is 0.429. The highest BCUT2D eigenvalue weighted by atomic mass is 79.9. The molecule has 0 aliphatic carbocycles. The van der Waals surface area contributed by atoms with Crippen LogP contribution in [0.4, 0.5) is 0 Å². The highest BCUT2D eigenvalue weighted by Crippen LogP contribution is 2.29. The van der Waals surface area contributed by atoms with Gasteiger partial charge >= 0.3 is 0 Å². The number of piperidine rings is 1. The second kappa shape index (κ2) is 10.2. The van der Waals surface area contributed by atoms with Crippen LogP contribution in [0.25, 0.3) is 0 Å². The standard InChI is InChI=1S/C21H26BrN3O2S/c1-15-7-9-25(10-8-15)18(19-6-3-11-28-19)13-23-20(26)14-24-21(27)16-4-2-5-17(22)12-16/h2-6,11-12,15,18H,7-10,13-14H2,1H3,(H,23,26)(H,24,27). The molecule has 1 atom stereocenters. The highest BCUT2D eigenvalue weighted by Gasteiger charge is 2.25. The van der Waals surface area contributed by atoms with Crippen LogP contribution in [-0.2, 0) is 4.79 Å². The summed E-state index contributed by atoms with van der Waals surface area (Å²) in [5, 5.41) is 7.77. The number of hydrogen-bond acceptors (Lipinski definition) is 4. The molecule has 2 aromatic rings. The van der Waals surface area contributed by atoms with Gasteiger partial charge < -0.3 is 10.6 Å². The first-order chi connectivity index (χ1) is 13.5. The molecule has 7 heteroatoms. The van der Waals surface area contributed by atoms with Crippen molar-refractivity contribution in [3.63, 3.8) is 0 Å². The van der Waals surface area contributed by atoms with Crippen LogP contribution in [0, 0.1) is 5.92 Å². The molecule has 1 aromatic heterocycles. The molecule has 3 rings (SSSR count). The SMILES string of the molecule is CC1CCN(C(CNC(=O)CNC(=O)c2cccc(Br)c2)c2cccs2)CC1. The number of carbonyl (C=O) groups excluding carboxylic acids is 2. The maximum atomic E-state index is 12.3. The van der Waals surface area contributed by atoms with E-state index in [1.807, 2.05) is 6.07 Å². The third-order valence-electron chi connectivity index (χ3n) is 5.12. The summed E-state index contributed by atoms with van der Waals surface area (Å²) in [5.41, 5.74) is 0.529. The van der Waals surface area contributed by atoms with Gasteiger partial charge in [-0.15, -0.1) is 11.3 Å². The molecule has 5 nitrogen and oxygen atoms in total. The van der Waals surface area contributed by atoms with Crippen LogP contribution >= 0.6 is 27.3 Å². The van der Waals surface area contributed by atoms with Crippen LogP contribution in [0.3, 0.4) is 0 Å². The monoisotopic (exact) mass is 463 g/mol. The number of hydrogen-bond donors (Lipinski definition) is 2. The minimum Gasteiger partial charge on any atom is -0.353 e. The molecule has 1 aromatic carbocycles. The molecule has 0 spiro atoms. The molecule has 150 valence electrons. The van der Waals surface area contributed by atoms with E-state index in [9.17, 15) is 9.59 Å². The van der Waals surface area contributed by atoms with E-state index >= 15 is 0 Å². The Balaban J connectivity index is 1.51. The van der Waals surface area contributed by atoms with Gasteiger partial charge in [-0.25, -0.2) is 0 Å². The smallest absolute Gasteiger partial charge is 0.251 e. The Morgan fingerprint density at radius 2 is 2.00 bits per heavy atom. The number of rotatable bonds is 7. The quantitative estimate of drug-likeness (QED) is 0.655. The lowest BCUT2D eigenvalue weighted by molar-refractivity contribution is -0.120. The molecule has 1 fully saturated rings. The Bertz CT molecular complexity index is 789. The lowest BCUT2D eigenvalue weighted by Crippen LogP contribution is -2.44. The number of amides is 2. The van der Waals surface area contributed by atoms with Crippen LogP contribution in [0.1, 0.15) is 41.0 Å². The third-order valence-corrected chi connectivity index (χ3v) is 6.59. The second-order valence-electron chi connectivity index (χ2n) is 7.25. The summed E-state index contributed by atoms with van der Waals surface area (Å²) >= 11 is 5.08. The maximum Gasteiger partial charge on any atom is 0.251 e. The number of benzene rings is 1. The summed E-state index contributed by atoms with van der Waals surface area (Å²) in [7, 11) is 0. The lowest BCUT2D eigenvalue weighted by atomic mass is 9.97. The van der Waals surface area contributed by atoms with Crippen molar-refractivity contribution in [2.45, 2.75) is 25.8 Å². The average molecular weight is 464 g/mol. The van der Waals surface area contributed by atoms with E-state index in [0.717, 1.165) is 23.5 Å². The molecule has 2 N–H and O–H groups in total. The van der Waals surface area contributed by atoms with Gasteiger partial charge in [0.25, 0.3) is 5.91 Å². The summed E-state index contributed by atoms with van der Waals surface area (Å²) in [5.74, 6) is 0.342. The van der Waals surface area contributed by atoms with Gasteiger partial charge in [0.1, 0.15) is 0 Å². The first-order valence-electron chi connectivity index (χ1n) is 9.61. The zero-order valence-corrected chi connectivity index (χ0v) is 18.4. The van der Waals surface area contributed by atoms with Crippen molar-refractivity contribution in [2.24, 2.45) is 5.92 Å². The summed E-state index contributed by atoms with van der Waals surface area (Å²) in [6.07, 6.45) is 2.39. The number of nitrogens with one attached hydrogen (secondary N) is 2. The molecule has 1 unspecified atom stereocenters. The molecule has 2 amide bonds. The molecule has 0 bridgehead atoms. The highest BCUT2D eigenvalue weighted by molar-refractivity contribution is 9.10. The summed E-state index contributed by atoms with van der Waals surface area (Å²) in [4.78, 5) is 28.2. The molecule has 2 heterocycles. The minimum atomic E-state index is -0.253. The zero-order valence-electron chi connectivity index (χ0n) is 16.0. The zero-order chi connectivity index (χ0) is 19.9. The second-order valence-corrected chi connectivity index (χ2v) is 9.14. The van der Waals surface area contributed by atoms with Gasteiger partial charge in [-0.1, -0.05) is 35.0 Å². The van der Waals surface area contributed by atoms with E-state index < -0.39 is 0 Å². The van der Waals surface area contributed by atoms with Crippen molar-refractivity contribution < 1.29 is 9.59 Å². The number of carbonyl (C=O) groups is 2. The summed E-state index contributed by atoms with van der Waals surface area (Å²) in [6.45, 7) is 4.94. The topological polar surface area (TPSA) is 61.4 Å². The molecule has 1 saturated heterocycles. The van der Waals surface area contributed by atoms with E-state index in [2.05, 4.69) is 55.9 Å². The average Bonchev–Trinajstić information content (AvgIpc) is 3.22. The van der Waals surface area contributed by atoms with E-state index in [0.29, 0.717) is 12.1 Å². The van der Waals surface area contributed by atoms with Crippen LogP contribution in [0.2, 0.25) is 0 Å². The van der Waals surface area contributed by atoms with E-state index in [1.165, 1.54) is 17.7 Å². The van der Waals surface area contributed by atoms with Crippen molar-refractivity contribution in [1.82, 2.24) is 15.5 Å². The molecule has 0 saturated carbocycles. The Morgan fingerprint density at radius 3 is 2.68 bits per heavy atom. The van der Waals surface area contributed by atoms with Crippen molar-refractivity contribution in [2.75, 3.05) is 26.2 Å². The summed E-state index contributed by atoms with van der Waals surface area (Å²) < 4.78 is 0.833. The number of halogens is 1. The van der Waals surface area contributed by atoms with E-state index in [4.69, 9.17) is 0 Å². The van der Waals surface area contributed by atoms with Crippen LogP contribution < -0.4 is 10.6 Å². The maximum absolute atomic E-state index is 12.3. The van der Waals surface area contributed by atoms with Crippen molar-refractivity contribution in [3.05, 3.63) is 56.7 Å². The molecule has 28 heavy (non-hydrogen) atoms. The molecule has 1 aliphatic heterocycles. The molecular weight excluding hydrogens is 438 g/mol. The Labute approximate surface area is 178 Å². The Kier molecular flexibility index (Phi) is 7.65. The van der Waals surface area contributed by atoms with Crippen LogP contribution in [-0.4, -0.2) is 42.9 Å². The fourth-order valence-corrected chi connectivity index (χ4v) is 4.66. The van der Waals surface area contributed by atoms with Gasteiger partial charge in [0, 0.05) is 21.5 Å². The Morgan fingerprint density at radius 1 is 1.21 bits per heavy atom. The van der Waals surface area contributed by atoms with Crippen molar-refractivity contribution >= 4 is 39.1 Å². The van der Waals surface area contributed by atoms with Crippen LogP contribution in [0.15, 0.2) is 46.3 Å². The predicted octanol–water partition coefficient (Wildman–Crippen LogP) is 3.83. The molecule has 0 radical (unpaired) electrons. The molecule has 1 aliphatic rings. The molecular formula is C21H26BrN3O2S. The van der Waals surface area contributed by atoms with Gasteiger partial charge in [0.2, 0.25) is 5.91 Å². The van der Waals surface area contributed by atoms with Gasteiger partial charge in [-0.05, 0) is 61.5 Å². The Hall–Kier alpha value is -1.70.